The average Bonchev–Trinajstić information content (AvgIpc) is 3.39. The number of halogens is 4. The van der Waals surface area contributed by atoms with Crippen LogP contribution in [0.4, 0.5) is 17.6 Å². The maximum absolute atomic E-state index is 15.7. The van der Waals surface area contributed by atoms with E-state index in [9.17, 15) is 0 Å². The smallest absolute Gasteiger partial charge is 0.279 e. The number of rotatable bonds is 10. The van der Waals surface area contributed by atoms with Gasteiger partial charge in [0, 0.05) is 16.7 Å². The summed E-state index contributed by atoms with van der Waals surface area (Å²) >= 11 is 0. The fourth-order valence-corrected chi connectivity index (χ4v) is 6.76. The molecular weight excluding hydrogens is 480 g/mol. The molecule has 202 valence electrons. The van der Waals surface area contributed by atoms with E-state index in [0.717, 1.165) is 70.6 Å². The minimum absolute atomic E-state index is 0.0408. The highest BCUT2D eigenvalue weighted by molar-refractivity contribution is 6.06. The molecule has 5 rings (SSSR count). The molecule has 0 bridgehead atoms. The van der Waals surface area contributed by atoms with Crippen LogP contribution in [-0.2, 0) is 12.3 Å². The molecule has 1 unspecified atom stereocenters. The first-order valence-corrected chi connectivity index (χ1v) is 14.2. The van der Waals surface area contributed by atoms with Crippen LogP contribution >= 0.6 is 0 Å². The minimum atomic E-state index is -3.26. The summed E-state index contributed by atoms with van der Waals surface area (Å²) in [4.78, 5) is 0. The Morgan fingerprint density at radius 2 is 1.62 bits per heavy atom. The van der Waals surface area contributed by atoms with Crippen molar-refractivity contribution in [2.24, 2.45) is 17.8 Å². The molecule has 3 aromatic rings. The van der Waals surface area contributed by atoms with Gasteiger partial charge in [0.2, 0.25) is 5.82 Å². The third-order valence-electron chi connectivity index (χ3n) is 8.76. The van der Waals surface area contributed by atoms with Crippen LogP contribution in [0.15, 0.2) is 22.6 Å². The Hall–Kier alpha value is -2.24. The van der Waals surface area contributed by atoms with Gasteiger partial charge in [-0.15, -0.1) is 0 Å². The van der Waals surface area contributed by atoms with Gasteiger partial charge in [-0.25, -0.2) is 13.2 Å². The number of ether oxygens (including phenoxy) is 1. The number of fused-ring (bicyclic) bond motifs is 4. The van der Waals surface area contributed by atoms with Crippen LogP contribution in [0.2, 0.25) is 0 Å². The van der Waals surface area contributed by atoms with Gasteiger partial charge in [0.15, 0.2) is 22.7 Å². The van der Waals surface area contributed by atoms with Crippen LogP contribution in [0.3, 0.4) is 0 Å². The van der Waals surface area contributed by atoms with Crippen LogP contribution in [0.5, 0.6) is 5.75 Å². The van der Waals surface area contributed by atoms with E-state index in [-0.39, 0.29) is 29.3 Å². The molecule has 1 heterocycles. The van der Waals surface area contributed by atoms with Gasteiger partial charge in [-0.2, -0.15) is 4.39 Å². The van der Waals surface area contributed by atoms with Gasteiger partial charge in [0.05, 0.1) is 12.2 Å². The molecule has 0 amide bonds. The van der Waals surface area contributed by atoms with E-state index < -0.39 is 29.0 Å². The Bertz CT molecular complexity index is 1240. The average molecular weight is 519 g/mol. The molecule has 2 nitrogen and oxygen atoms in total. The predicted molar refractivity (Wildman–Crippen MR) is 139 cm³/mol. The Kier molecular flexibility index (Phi) is 7.74. The summed E-state index contributed by atoms with van der Waals surface area (Å²) in [6.45, 7) is 4.68. The van der Waals surface area contributed by atoms with Crippen LogP contribution < -0.4 is 4.74 Å². The summed E-state index contributed by atoms with van der Waals surface area (Å²) in [5, 5.41) is 0.732. The van der Waals surface area contributed by atoms with Gasteiger partial charge in [0.1, 0.15) is 0 Å². The Morgan fingerprint density at radius 1 is 0.892 bits per heavy atom. The monoisotopic (exact) mass is 518 g/mol. The molecule has 2 aliphatic carbocycles. The van der Waals surface area contributed by atoms with Gasteiger partial charge in [0.25, 0.3) is 5.92 Å². The fraction of sp³-hybridized carbons (Fsp3) is 0.613. The summed E-state index contributed by atoms with van der Waals surface area (Å²) < 4.78 is 73.5. The predicted octanol–water partition coefficient (Wildman–Crippen LogP) is 10.1. The quantitative estimate of drug-likeness (QED) is 0.197. The van der Waals surface area contributed by atoms with Gasteiger partial charge in [-0.1, -0.05) is 65.2 Å². The third-order valence-corrected chi connectivity index (χ3v) is 8.76. The topological polar surface area (TPSA) is 22.4 Å². The number of hydrogen-bond donors (Lipinski definition) is 0. The SMILES string of the molecule is CCCCCCCOc1ccc2c(oc3c(F)c4c(cc32)CC(C2CCC(CCC)CC2)C4(F)F)c1F. The summed E-state index contributed by atoms with van der Waals surface area (Å²) in [5.41, 5.74) is -0.665. The second-order valence-electron chi connectivity index (χ2n) is 11.2. The zero-order valence-corrected chi connectivity index (χ0v) is 22.0. The van der Waals surface area contributed by atoms with Gasteiger partial charge in [-0.3, -0.25) is 0 Å². The van der Waals surface area contributed by atoms with Crippen LogP contribution in [0, 0.1) is 29.4 Å². The molecule has 6 heteroatoms. The number of hydrogen-bond acceptors (Lipinski definition) is 2. The lowest BCUT2D eigenvalue weighted by Gasteiger charge is -2.34. The van der Waals surface area contributed by atoms with Crippen molar-refractivity contribution in [3.05, 3.63) is 41.0 Å². The highest BCUT2D eigenvalue weighted by atomic mass is 19.3. The highest BCUT2D eigenvalue weighted by Crippen LogP contribution is 2.55. The molecule has 0 N–H and O–H groups in total. The summed E-state index contributed by atoms with van der Waals surface area (Å²) in [5.74, 6) is -5.38. The first kappa shape index (κ1) is 26.4. The van der Waals surface area contributed by atoms with E-state index in [4.69, 9.17) is 9.15 Å². The molecule has 1 aromatic heterocycles. The second-order valence-corrected chi connectivity index (χ2v) is 11.2. The summed E-state index contributed by atoms with van der Waals surface area (Å²) in [7, 11) is 0. The molecule has 1 saturated carbocycles. The molecule has 1 fully saturated rings. The number of alkyl halides is 2. The van der Waals surface area contributed by atoms with E-state index >= 15 is 17.6 Å². The molecule has 0 saturated heterocycles. The standard InChI is InChI=1S/C31H38F4O2/c1-3-5-6-7-8-16-36-25-15-14-22-23-17-21-18-24(20-12-10-19(9-4-2)11-13-20)31(34,35)26(21)28(33)30(23)37-29(22)27(25)32/h14-15,17,19-20,24H,3-13,16,18H2,1-2H3. The van der Waals surface area contributed by atoms with Crippen LogP contribution in [0.25, 0.3) is 21.9 Å². The molecule has 2 aromatic carbocycles. The first-order valence-electron chi connectivity index (χ1n) is 14.2. The van der Waals surface area contributed by atoms with Crippen molar-refractivity contribution < 1.29 is 26.7 Å². The zero-order valence-electron chi connectivity index (χ0n) is 22.0. The van der Waals surface area contributed by atoms with Gasteiger partial charge < -0.3 is 9.15 Å². The lowest BCUT2D eigenvalue weighted by Crippen LogP contribution is -2.31. The van der Waals surface area contributed by atoms with E-state index in [1.54, 1.807) is 12.1 Å². The van der Waals surface area contributed by atoms with Crippen molar-refractivity contribution in [2.45, 2.75) is 96.8 Å². The maximum atomic E-state index is 15.7. The third kappa shape index (κ3) is 4.85. The molecule has 2 aliphatic rings. The van der Waals surface area contributed by atoms with Crippen molar-refractivity contribution in [1.29, 1.82) is 0 Å². The van der Waals surface area contributed by atoms with Crippen molar-refractivity contribution in [3.63, 3.8) is 0 Å². The maximum Gasteiger partial charge on any atom is 0.279 e. The van der Waals surface area contributed by atoms with E-state index in [1.165, 1.54) is 6.07 Å². The van der Waals surface area contributed by atoms with Gasteiger partial charge >= 0.3 is 0 Å². The second kappa shape index (κ2) is 10.9. The zero-order chi connectivity index (χ0) is 26.2. The van der Waals surface area contributed by atoms with Gasteiger partial charge in [-0.05, 0) is 61.3 Å². The molecule has 0 radical (unpaired) electrons. The Labute approximate surface area is 216 Å². The molecular formula is C31H38F4O2. The highest BCUT2D eigenvalue weighted by Gasteiger charge is 2.54. The largest absolute Gasteiger partial charge is 0.490 e. The molecule has 0 spiro atoms. The Balaban J connectivity index is 1.39. The lowest BCUT2D eigenvalue weighted by molar-refractivity contribution is -0.0839. The van der Waals surface area contributed by atoms with E-state index in [0.29, 0.717) is 28.9 Å². The lowest BCUT2D eigenvalue weighted by atomic mass is 9.73. The Morgan fingerprint density at radius 3 is 2.35 bits per heavy atom. The summed E-state index contributed by atoms with van der Waals surface area (Å²) in [6.07, 6.45) is 11.1. The number of benzene rings is 2. The van der Waals surface area contributed by atoms with Crippen molar-refractivity contribution in [2.75, 3.05) is 6.61 Å². The van der Waals surface area contributed by atoms with Crippen LogP contribution in [0.1, 0.15) is 95.6 Å². The molecule has 1 atom stereocenters. The number of unbranched alkanes of at least 4 members (excludes halogenated alkanes) is 4. The van der Waals surface area contributed by atoms with Crippen LogP contribution in [-0.4, -0.2) is 6.61 Å². The number of furan rings is 1. The van der Waals surface area contributed by atoms with Crippen molar-refractivity contribution in [1.82, 2.24) is 0 Å². The van der Waals surface area contributed by atoms with Crippen molar-refractivity contribution >= 4 is 21.9 Å². The summed E-state index contributed by atoms with van der Waals surface area (Å²) in [6, 6.07) is 4.77. The van der Waals surface area contributed by atoms with E-state index in [2.05, 4.69) is 13.8 Å². The minimum Gasteiger partial charge on any atom is -0.490 e. The van der Waals surface area contributed by atoms with E-state index in [1.807, 2.05) is 0 Å². The molecule has 0 aliphatic heterocycles. The first-order chi connectivity index (χ1) is 17.9. The fourth-order valence-electron chi connectivity index (χ4n) is 6.76. The van der Waals surface area contributed by atoms with Crippen molar-refractivity contribution in [3.8, 4) is 5.75 Å². The normalized spacial score (nSPS) is 23.1. The molecule has 37 heavy (non-hydrogen) atoms.